The van der Waals surface area contributed by atoms with Crippen molar-refractivity contribution < 1.29 is 14.7 Å². The van der Waals surface area contributed by atoms with Crippen molar-refractivity contribution in [3.8, 4) is 0 Å². The number of thiophene rings is 1. The normalized spacial score (nSPS) is 11.9. The molecule has 0 aliphatic heterocycles. The molecule has 112 valence electrons. The number of nitrogens with zero attached hydrogens (tertiary/aromatic N) is 1. The predicted molar refractivity (Wildman–Crippen MR) is 81.9 cm³/mol. The number of aromatic carboxylic acids is 1. The van der Waals surface area contributed by atoms with Crippen LogP contribution in [0.25, 0.3) is 0 Å². The third kappa shape index (κ3) is 4.02. The Morgan fingerprint density at radius 1 is 1.48 bits per heavy atom. The van der Waals surface area contributed by atoms with Crippen LogP contribution in [-0.4, -0.2) is 22.1 Å². The fourth-order valence-electron chi connectivity index (χ4n) is 1.73. The lowest BCUT2D eigenvalue weighted by molar-refractivity contribution is 0.0701. The zero-order valence-corrected chi connectivity index (χ0v) is 13.2. The number of aromatic nitrogens is 1. The van der Waals surface area contributed by atoms with Crippen LogP contribution in [0.5, 0.6) is 0 Å². The molecule has 1 unspecified atom stereocenters. The molecule has 21 heavy (non-hydrogen) atoms. The van der Waals surface area contributed by atoms with Crippen LogP contribution < -0.4 is 10.6 Å². The Hall–Kier alpha value is -1.93. The van der Waals surface area contributed by atoms with Gasteiger partial charge in [0, 0.05) is 0 Å². The fraction of sp³-hybridized carbons (Fsp3) is 0.308. The lowest BCUT2D eigenvalue weighted by atomic mass is 10.2. The van der Waals surface area contributed by atoms with Crippen LogP contribution in [-0.2, 0) is 6.54 Å². The van der Waals surface area contributed by atoms with E-state index in [1.54, 1.807) is 18.3 Å². The van der Waals surface area contributed by atoms with Gasteiger partial charge in [-0.05, 0) is 36.2 Å². The molecule has 2 aromatic heterocycles. The maximum absolute atomic E-state index is 11.8. The van der Waals surface area contributed by atoms with Crippen molar-refractivity contribution in [3.63, 3.8) is 0 Å². The number of carboxylic acid groups (broad SMARTS) is 1. The van der Waals surface area contributed by atoms with Crippen molar-refractivity contribution in [2.24, 2.45) is 0 Å². The molecule has 0 radical (unpaired) electrons. The van der Waals surface area contributed by atoms with Crippen LogP contribution in [0.15, 0.2) is 16.8 Å². The lowest BCUT2D eigenvalue weighted by Gasteiger charge is -2.12. The smallest absolute Gasteiger partial charge is 0.347 e. The highest BCUT2D eigenvalue weighted by atomic mass is 32.1. The maximum Gasteiger partial charge on any atom is 0.347 e. The quantitative estimate of drug-likeness (QED) is 0.788. The lowest BCUT2D eigenvalue weighted by Crippen LogP contribution is -2.36. The zero-order chi connectivity index (χ0) is 15.4. The second kappa shape index (κ2) is 6.68. The van der Waals surface area contributed by atoms with Crippen LogP contribution >= 0.6 is 22.7 Å². The number of aryl methyl sites for hydroxylation is 1. The molecule has 8 heteroatoms. The first-order valence-corrected chi connectivity index (χ1v) is 7.99. The molecular weight excluding hydrogens is 310 g/mol. The summed E-state index contributed by atoms with van der Waals surface area (Å²) >= 11 is 2.65. The first-order chi connectivity index (χ1) is 9.97. The number of hydrogen-bond donors (Lipinski definition) is 3. The van der Waals surface area contributed by atoms with Gasteiger partial charge < -0.3 is 15.7 Å². The second-order valence-electron chi connectivity index (χ2n) is 4.43. The van der Waals surface area contributed by atoms with Gasteiger partial charge >= 0.3 is 12.0 Å². The Labute approximate surface area is 129 Å². The summed E-state index contributed by atoms with van der Waals surface area (Å²) in [5, 5.41) is 19.0. The van der Waals surface area contributed by atoms with E-state index in [-0.39, 0.29) is 23.5 Å². The summed E-state index contributed by atoms with van der Waals surface area (Å²) in [6.45, 7) is 3.75. The summed E-state index contributed by atoms with van der Waals surface area (Å²) in [6.07, 6.45) is 0. The summed E-state index contributed by atoms with van der Waals surface area (Å²) in [5.74, 6) is -0.994. The number of urea groups is 1. The number of hydrogen-bond acceptors (Lipinski definition) is 5. The standard InChI is InChI=1S/C13H15N3O3S2/c1-7(9-3-4-20-6-9)16-13(19)14-5-10-15-8(2)11(21-10)12(17)18/h3-4,6-7H,5H2,1-2H3,(H,17,18)(H2,14,16,19). The number of carbonyl (C=O) groups is 2. The topological polar surface area (TPSA) is 91.3 Å². The number of amides is 2. The SMILES string of the molecule is Cc1nc(CNC(=O)NC(C)c2ccsc2)sc1C(=O)O. The number of nitrogens with one attached hydrogen (secondary N) is 2. The predicted octanol–water partition coefficient (Wildman–Crippen LogP) is 2.77. The van der Waals surface area contributed by atoms with E-state index in [2.05, 4.69) is 15.6 Å². The van der Waals surface area contributed by atoms with Gasteiger partial charge in [0.25, 0.3) is 0 Å². The van der Waals surface area contributed by atoms with Gasteiger partial charge in [-0.3, -0.25) is 0 Å². The highest BCUT2D eigenvalue weighted by Gasteiger charge is 2.15. The number of rotatable bonds is 5. The maximum atomic E-state index is 11.8. The van der Waals surface area contributed by atoms with Crippen molar-refractivity contribution in [3.05, 3.63) is 38.0 Å². The first-order valence-electron chi connectivity index (χ1n) is 6.23. The summed E-state index contributed by atoms with van der Waals surface area (Å²) in [7, 11) is 0. The van der Waals surface area contributed by atoms with Crippen molar-refractivity contribution in [2.45, 2.75) is 26.4 Å². The molecule has 0 spiro atoms. The zero-order valence-electron chi connectivity index (χ0n) is 11.5. The fourth-order valence-corrected chi connectivity index (χ4v) is 3.33. The van der Waals surface area contributed by atoms with Gasteiger partial charge in [0.15, 0.2) is 0 Å². The Balaban J connectivity index is 1.86. The van der Waals surface area contributed by atoms with Gasteiger partial charge in [0.1, 0.15) is 9.88 Å². The Morgan fingerprint density at radius 2 is 2.24 bits per heavy atom. The van der Waals surface area contributed by atoms with Crippen molar-refractivity contribution in [1.82, 2.24) is 15.6 Å². The average Bonchev–Trinajstić information content (AvgIpc) is 3.05. The molecule has 0 fully saturated rings. The summed E-state index contributed by atoms with van der Waals surface area (Å²) in [6, 6.07) is 1.57. The van der Waals surface area contributed by atoms with Gasteiger partial charge in [-0.25, -0.2) is 14.6 Å². The Morgan fingerprint density at radius 3 is 2.81 bits per heavy atom. The van der Waals surface area contributed by atoms with Crippen LogP contribution in [0.4, 0.5) is 4.79 Å². The molecular formula is C13H15N3O3S2. The molecule has 0 saturated carbocycles. The molecule has 2 rings (SSSR count). The van der Waals surface area contributed by atoms with Crippen LogP contribution in [0, 0.1) is 6.92 Å². The van der Waals surface area contributed by atoms with Crippen molar-refractivity contribution in [2.75, 3.05) is 0 Å². The molecule has 0 aliphatic carbocycles. The molecule has 0 aliphatic rings. The second-order valence-corrected chi connectivity index (χ2v) is 6.30. The van der Waals surface area contributed by atoms with Gasteiger partial charge in [-0.2, -0.15) is 11.3 Å². The summed E-state index contributed by atoms with van der Waals surface area (Å²) in [5.41, 5.74) is 1.52. The average molecular weight is 325 g/mol. The molecule has 0 saturated heterocycles. The van der Waals surface area contributed by atoms with Gasteiger partial charge in [0.2, 0.25) is 0 Å². The minimum atomic E-state index is -0.994. The molecule has 3 N–H and O–H groups in total. The van der Waals surface area contributed by atoms with E-state index in [9.17, 15) is 9.59 Å². The van der Waals surface area contributed by atoms with Gasteiger partial charge in [-0.1, -0.05) is 0 Å². The van der Waals surface area contributed by atoms with E-state index in [1.807, 2.05) is 23.8 Å². The number of carboxylic acids is 1. The van der Waals surface area contributed by atoms with E-state index in [0.29, 0.717) is 10.7 Å². The largest absolute Gasteiger partial charge is 0.477 e. The van der Waals surface area contributed by atoms with E-state index in [0.717, 1.165) is 16.9 Å². The van der Waals surface area contributed by atoms with E-state index < -0.39 is 5.97 Å². The van der Waals surface area contributed by atoms with Crippen LogP contribution in [0.1, 0.15) is 38.9 Å². The molecule has 6 nitrogen and oxygen atoms in total. The van der Waals surface area contributed by atoms with Gasteiger partial charge in [0.05, 0.1) is 18.3 Å². The van der Waals surface area contributed by atoms with Crippen molar-refractivity contribution in [1.29, 1.82) is 0 Å². The Bertz CT molecular complexity index is 637. The minimum absolute atomic E-state index is 0.0798. The number of thiazole rings is 1. The molecule has 2 amide bonds. The molecule has 1 atom stereocenters. The molecule has 0 aromatic carbocycles. The minimum Gasteiger partial charge on any atom is -0.477 e. The summed E-state index contributed by atoms with van der Waals surface area (Å²) in [4.78, 5) is 27.0. The van der Waals surface area contributed by atoms with Crippen LogP contribution in [0.3, 0.4) is 0 Å². The highest BCUT2D eigenvalue weighted by molar-refractivity contribution is 7.13. The third-order valence-corrected chi connectivity index (χ3v) is 4.67. The molecule has 2 aromatic rings. The van der Waals surface area contributed by atoms with Gasteiger partial charge in [-0.15, -0.1) is 11.3 Å². The highest BCUT2D eigenvalue weighted by Crippen LogP contribution is 2.18. The molecule has 2 heterocycles. The van der Waals surface area contributed by atoms with E-state index in [1.165, 1.54) is 0 Å². The van der Waals surface area contributed by atoms with E-state index in [4.69, 9.17) is 5.11 Å². The van der Waals surface area contributed by atoms with Crippen molar-refractivity contribution >= 4 is 34.7 Å². The Kier molecular flexibility index (Phi) is 4.92. The van der Waals surface area contributed by atoms with Crippen LogP contribution in [0.2, 0.25) is 0 Å². The summed E-state index contributed by atoms with van der Waals surface area (Å²) < 4.78 is 0. The number of carbonyl (C=O) groups excluding carboxylic acids is 1. The first kappa shape index (κ1) is 15.5. The van der Waals surface area contributed by atoms with E-state index >= 15 is 0 Å². The molecule has 0 bridgehead atoms. The monoisotopic (exact) mass is 325 g/mol. The third-order valence-electron chi connectivity index (χ3n) is 2.83.